The van der Waals surface area contributed by atoms with Gasteiger partial charge in [-0.05, 0) is 24.6 Å². The molecular formula is C18H23N5O5S. The molecule has 10 nitrogen and oxygen atoms in total. The van der Waals surface area contributed by atoms with Gasteiger partial charge in [-0.2, -0.15) is 12.7 Å². The van der Waals surface area contributed by atoms with Gasteiger partial charge < -0.3 is 15.0 Å². The van der Waals surface area contributed by atoms with Gasteiger partial charge in [-0.1, -0.05) is 6.58 Å². The third-order valence-electron chi connectivity index (χ3n) is 4.79. The van der Waals surface area contributed by atoms with Crippen LogP contribution in [0.25, 0.3) is 10.9 Å². The highest BCUT2D eigenvalue weighted by atomic mass is 32.2. The van der Waals surface area contributed by atoms with Gasteiger partial charge in [0.15, 0.2) is 0 Å². The Morgan fingerprint density at radius 2 is 2.00 bits per heavy atom. The van der Waals surface area contributed by atoms with Gasteiger partial charge in [-0.3, -0.25) is 9.59 Å². The molecular weight excluding hydrogens is 398 g/mol. The van der Waals surface area contributed by atoms with Crippen molar-refractivity contribution in [1.82, 2.24) is 23.5 Å². The summed E-state index contributed by atoms with van der Waals surface area (Å²) >= 11 is 0. The first-order valence-corrected chi connectivity index (χ1v) is 10.4. The number of nitrogens with zero attached hydrogens (tertiary/aromatic N) is 4. The van der Waals surface area contributed by atoms with Crippen LogP contribution in [-0.2, 0) is 19.8 Å². The van der Waals surface area contributed by atoms with Crippen molar-refractivity contribution in [3.05, 3.63) is 36.7 Å². The molecule has 1 fully saturated rings. The van der Waals surface area contributed by atoms with Crippen molar-refractivity contribution in [2.24, 2.45) is 0 Å². The Kier molecular flexibility index (Phi) is 5.89. The lowest BCUT2D eigenvalue weighted by Crippen LogP contribution is -2.53. The molecule has 3 heterocycles. The van der Waals surface area contributed by atoms with E-state index < -0.39 is 16.1 Å². The van der Waals surface area contributed by atoms with Crippen LogP contribution in [0.3, 0.4) is 0 Å². The largest absolute Gasteiger partial charge is 0.481 e. The lowest BCUT2D eigenvalue weighted by molar-refractivity contribution is -0.133. The van der Waals surface area contributed by atoms with Crippen molar-refractivity contribution in [2.75, 3.05) is 39.8 Å². The molecule has 3 rings (SSSR count). The topological polar surface area (TPSA) is 114 Å². The Hall–Kier alpha value is -2.92. The third-order valence-corrected chi connectivity index (χ3v) is 6.61. The Balaban J connectivity index is 1.76. The van der Waals surface area contributed by atoms with E-state index in [-0.39, 0.29) is 38.6 Å². The van der Waals surface area contributed by atoms with E-state index in [9.17, 15) is 18.0 Å². The molecule has 0 aromatic carbocycles. The van der Waals surface area contributed by atoms with Crippen LogP contribution in [0.4, 0.5) is 0 Å². The molecule has 0 saturated carbocycles. The van der Waals surface area contributed by atoms with Gasteiger partial charge in [0.1, 0.15) is 0 Å². The Labute approximate surface area is 168 Å². The number of rotatable bonds is 6. The van der Waals surface area contributed by atoms with Gasteiger partial charge >= 0.3 is 10.2 Å². The molecule has 1 saturated heterocycles. The Bertz CT molecular complexity index is 1050. The molecule has 0 atom stereocenters. The fraction of sp³-hybridized carbons (Fsp3) is 0.389. The van der Waals surface area contributed by atoms with E-state index in [1.165, 1.54) is 26.5 Å². The molecule has 0 unspecified atom stereocenters. The number of ether oxygens (including phenoxy) is 1. The summed E-state index contributed by atoms with van der Waals surface area (Å²) < 4.78 is 34.2. The Morgan fingerprint density at radius 1 is 1.31 bits per heavy atom. The van der Waals surface area contributed by atoms with Crippen LogP contribution < -0.4 is 10.1 Å². The average Bonchev–Trinajstić information content (AvgIpc) is 3.19. The number of pyridine rings is 1. The minimum Gasteiger partial charge on any atom is -0.481 e. The number of methoxy groups -OCH3 is 1. The van der Waals surface area contributed by atoms with E-state index >= 15 is 0 Å². The first-order valence-electron chi connectivity index (χ1n) is 8.99. The van der Waals surface area contributed by atoms with E-state index in [0.29, 0.717) is 22.3 Å². The molecule has 1 aliphatic rings. The minimum atomic E-state index is -3.83. The highest BCUT2D eigenvalue weighted by Gasteiger charge is 2.31. The lowest BCUT2D eigenvalue weighted by Gasteiger charge is -2.34. The molecule has 2 amide bonds. The standard InChI is InChI=1S/C18H23N5O5S/c1-4-15(24)19-12-16(25)21-7-9-22(10-8-21)29(26,27)23-6-5-14-17(23)13(2)11-20-18(14)28-3/h4-6,11H,1,7-10,12H2,2-3H3,(H,19,24). The van der Waals surface area contributed by atoms with E-state index in [1.54, 1.807) is 19.2 Å². The van der Waals surface area contributed by atoms with Crippen LogP contribution >= 0.6 is 0 Å². The number of hydrogen-bond donors (Lipinski definition) is 1. The number of amides is 2. The van der Waals surface area contributed by atoms with Gasteiger partial charge in [-0.25, -0.2) is 8.96 Å². The van der Waals surface area contributed by atoms with Crippen LogP contribution in [0.1, 0.15) is 5.56 Å². The normalized spacial score (nSPS) is 15.3. The lowest BCUT2D eigenvalue weighted by atomic mass is 10.2. The number of nitrogens with one attached hydrogen (secondary N) is 1. The zero-order valence-electron chi connectivity index (χ0n) is 16.3. The van der Waals surface area contributed by atoms with Crippen LogP contribution in [0.15, 0.2) is 31.1 Å². The molecule has 11 heteroatoms. The predicted molar refractivity (Wildman–Crippen MR) is 107 cm³/mol. The number of fused-ring (bicyclic) bond motifs is 1. The summed E-state index contributed by atoms with van der Waals surface area (Å²) in [5.74, 6) is -0.341. The van der Waals surface area contributed by atoms with E-state index in [4.69, 9.17) is 4.74 Å². The van der Waals surface area contributed by atoms with Crippen LogP contribution in [0.2, 0.25) is 0 Å². The second-order valence-corrected chi connectivity index (χ2v) is 8.34. The molecule has 1 aliphatic heterocycles. The summed E-state index contributed by atoms with van der Waals surface area (Å²) in [7, 11) is -2.34. The SMILES string of the molecule is C=CC(=O)NCC(=O)N1CCN(S(=O)(=O)n2ccc3c(OC)ncc(C)c32)CC1. The number of aromatic nitrogens is 2. The van der Waals surface area contributed by atoms with Gasteiger partial charge in [0.2, 0.25) is 17.7 Å². The van der Waals surface area contributed by atoms with E-state index in [1.807, 2.05) is 0 Å². The molecule has 29 heavy (non-hydrogen) atoms. The number of carbonyl (C=O) groups is 2. The third kappa shape index (κ3) is 3.96. The zero-order valence-corrected chi connectivity index (χ0v) is 17.1. The van der Waals surface area contributed by atoms with Crippen molar-refractivity contribution in [3.8, 4) is 5.88 Å². The van der Waals surface area contributed by atoms with Crippen molar-refractivity contribution >= 4 is 32.9 Å². The summed E-state index contributed by atoms with van der Waals surface area (Å²) in [6, 6.07) is 1.66. The summed E-state index contributed by atoms with van der Waals surface area (Å²) in [4.78, 5) is 29.1. The van der Waals surface area contributed by atoms with Crippen molar-refractivity contribution in [1.29, 1.82) is 0 Å². The molecule has 0 bridgehead atoms. The van der Waals surface area contributed by atoms with Crippen LogP contribution in [-0.4, -0.2) is 78.2 Å². The molecule has 0 aliphatic carbocycles. The van der Waals surface area contributed by atoms with Gasteiger partial charge in [0.05, 0.1) is 24.6 Å². The monoisotopic (exact) mass is 421 g/mol. The maximum Gasteiger partial charge on any atom is 0.308 e. The van der Waals surface area contributed by atoms with Crippen molar-refractivity contribution < 1.29 is 22.7 Å². The second kappa shape index (κ2) is 8.21. The Morgan fingerprint density at radius 3 is 2.62 bits per heavy atom. The number of piperazine rings is 1. The fourth-order valence-electron chi connectivity index (χ4n) is 3.25. The van der Waals surface area contributed by atoms with Crippen LogP contribution in [0, 0.1) is 6.92 Å². The van der Waals surface area contributed by atoms with Gasteiger partial charge in [-0.15, -0.1) is 0 Å². The molecule has 156 valence electrons. The molecule has 0 spiro atoms. The smallest absolute Gasteiger partial charge is 0.308 e. The summed E-state index contributed by atoms with van der Waals surface area (Å²) in [6.45, 7) is 5.76. The quantitative estimate of drug-likeness (QED) is 0.651. The zero-order chi connectivity index (χ0) is 21.2. The van der Waals surface area contributed by atoms with Gasteiger partial charge in [0.25, 0.3) is 0 Å². The first-order chi connectivity index (χ1) is 13.8. The highest BCUT2D eigenvalue weighted by molar-refractivity contribution is 7.87. The van der Waals surface area contributed by atoms with Crippen molar-refractivity contribution in [2.45, 2.75) is 6.92 Å². The number of aryl methyl sites for hydroxylation is 1. The number of carbonyl (C=O) groups excluding carboxylic acids is 2. The van der Waals surface area contributed by atoms with Gasteiger partial charge in [0, 0.05) is 38.6 Å². The summed E-state index contributed by atoms with van der Waals surface area (Å²) in [5, 5.41) is 3.04. The fourth-order valence-corrected chi connectivity index (χ4v) is 4.81. The second-order valence-electron chi connectivity index (χ2n) is 6.53. The molecule has 2 aromatic heterocycles. The highest BCUT2D eigenvalue weighted by Crippen LogP contribution is 2.29. The maximum atomic E-state index is 13.2. The van der Waals surface area contributed by atoms with E-state index in [0.717, 1.165) is 6.08 Å². The van der Waals surface area contributed by atoms with Crippen molar-refractivity contribution in [3.63, 3.8) is 0 Å². The molecule has 0 radical (unpaired) electrons. The predicted octanol–water partition coefficient (Wildman–Crippen LogP) is -0.107. The van der Waals surface area contributed by atoms with E-state index in [2.05, 4.69) is 16.9 Å². The average molecular weight is 421 g/mol. The molecule has 2 aromatic rings. The summed E-state index contributed by atoms with van der Waals surface area (Å²) in [6.07, 6.45) is 4.15. The summed E-state index contributed by atoms with van der Waals surface area (Å²) in [5.41, 5.74) is 1.23. The van der Waals surface area contributed by atoms with Crippen LogP contribution in [0.5, 0.6) is 5.88 Å². The number of hydrogen-bond acceptors (Lipinski definition) is 6. The maximum absolute atomic E-state index is 13.2. The molecule has 1 N–H and O–H groups in total. The minimum absolute atomic E-state index is 0.147. The first kappa shape index (κ1) is 20.8.